The molecule has 1 amide bonds. The van der Waals surface area contributed by atoms with Gasteiger partial charge >= 0.3 is 0 Å². The molecule has 6 heteroatoms. The second kappa shape index (κ2) is 4.08. The third-order valence-corrected chi connectivity index (χ3v) is 2.38. The standard InChI is InChI=1S/C9H7Cl2N3O/c10-5-1-2-7(6(11)3-5)12-8-4-9(15)14-13-8/h1-3H,4H2,(H,12,13)(H,14,15). The Kier molecular flexibility index (Phi) is 2.79. The van der Waals surface area contributed by atoms with E-state index in [0.717, 1.165) is 0 Å². The number of carbonyl (C=O) groups excluding carboxylic acids is 1. The van der Waals surface area contributed by atoms with Crippen molar-refractivity contribution in [3.63, 3.8) is 0 Å². The minimum absolute atomic E-state index is 0.112. The van der Waals surface area contributed by atoms with Crippen molar-refractivity contribution in [2.24, 2.45) is 4.99 Å². The normalized spacial score (nSPS) is 17.7. The summed E-state index contributed by atoms with van der Waals surface area (Å²) >= 11 is 11.7. The maximum atomic E-state index is 10.9. The first-order chi connectivity index (χ1) is 7.15. The maximum Gasteiger partial charge on any atom is 0.245 e. The van der Waals surface area contributed by atoms with Gasteiger partial charge in [-0.25, -0.2) is 4.99 Å². The number of hydrogen-bond donors (Lipinski definition) is 2. The number of nitrogens with one attached hydrogen (secondary N) is 2. The molecule has 1 heterocycles. The number of halogens is 2. The van der Waals surface area contributed by atoms with E-state index < -0.39 is 0 Å². The summed E-state index contributed by atoms with van der Waals surface area (Å²) in [5, 5.41) is 1.01. The van der Waals surface area contributed by atoms with Gasteiger partial charge in [-0.1, -0.05) is 23.2 Å². The smallest absolute Gasteiger partial charge is 0.245 e. The highest BCUT2D eigenvalue weighted by molar-refractivity contribution is 6.36. The fourth-order valence-electron chi connectivity index (χ4n) is 1.17. The molecular formula is C9H7Cl2N3O. The van der Waals surface area contributed by atoms with Crippen LogP contribution in [0, 0.1) is 0 Å². The molecule has 0 saturated carbocycles. The maximum absolute atomic E-state index is 10.9. The molecule has 2 N–H and O–H groups in total. The summed E-state index contributed by atoms with van der Waals surface area (Å²) in [7, 11) is 0. The van der Waals surface area contributed by atoms with E-state index in [-0.39, 0.29) is 12.3 Å². The van der Waals surface area contributed by atoms with Gasteiger partial charge in [0.2, 0.25) is 5.91 Å². The van der Waals surface area contributed by atoms with Crippen LogP contribution in [0.25, 0.3) is 0 Å². The quantitative estimate of drug-likeness (QED) is 0.794. The highest BCUT2D eigenvalue weighted by Gasteiger charge is 2.15. The second-order valence-electron chi connectivity index (χ2n) is 3.00. The van der Waals surface area contributed by atoms with E-state index in [9.17, 15) is 4.79 Å². The molecule has 1 saturated heterocycles. The molecule has 0 bridgehead atoms. The van der Waals surface area contributed by atoms with Crippen molar-refractivity contribution in [2.45, 2.75) is 6.42 Å². The Morgan fingerprint density at radius 3 is 2.67 bits per heavy atom. The Morgan fingerprint density at radius 1 is 1.27 bits per heavy atom. The first kappa shape index (κ1) is 10.3. The van der Waals surface area contributed by atoms with Gasteiger partial charge in [0.05, 0.1) is 17.1 Å². The molecule has 2 rings (SSSR count). The van der Waals surface area contributed by atoms with Crippen LogP contribution >= 0.6 is 23.2 Å². The van der Waals surface area contributed by atoms with Crippen molar-refractivity contribution in [1.82, 2.24) is 10.9 Å². The van der Waals surface area contributed by atoms with E-state index in [1.807, 2.05) is 0 Å². The van der Waals surface area contributed by atoms with E-state index >= 15 is 0 Å². The van der Waals surface area contributed by atoms with Gasteiger partial charge in [0.25, 0.3) is 0 Å². The lowest BCUT2D eigenvalue weighted by atomic mass is 10.3. The third kappa shape index (κ3) is 2.40. The molecule has 1 fully saturated rings. The van der Waals surface area contributed by atoms with E-state index in [2.05, 4.69) is 15.8 Å². The number of amidine groups is 1. The summed E-state index contributed by atoms with van der Waals surface area (Å²) in [4.78, 5) is 15.1. The summed E-state index contributed by atoms with van der Waals surface area (Å²) in [6.07, 6.45) is 0.235. The first-order valence-corrected chi connectivity index (χ1v) is 4.98. The van der Waals surface area contributed by atoms with Crippen molar-refractivity contribution in [3.05, 3.63) is 28.2 Å². The Balaban J connectivity index is 2.27. The number of nitrogens with zero attached hydrogens (tertiary/aromatic N) is 1. The first-order valence-electron chi connectivity index (χ1n) is 4.22. The van der Waals surface area contributed by atoms with Gasteiger partial charge < -0.3 is 0 Å². The number of amides is 1. The third-order valence-electron chi connectivity index (χ3n) is 1.84. The van der Waals surface area contributed by atoms with E-state index in [1.165, 1.54) is 0 Å². The lowest BCUT2D eigenvalue weighted by molar-refractivity contribution is -0.119. The van der Waals surface area contributed by atoms with Crippen molar-refractivity contribution in [3.8, 4) is 0 Å². The SMILES string of the molecule is O=C1CC(=Nc2ccc(Cl)cc2Cl)NN1. The fraction of sp³-hybridized carbons (Fsp3) is 0.111. The number of hydrogen-bond acceptors (Lipinski definition) is 2. The molecule has 4 nitrogen and oxygen atoms in total. The number of rotatable bonds is 1. The molecule has 78 valence electrons. The van der Waals surface area contributed by atoms with Gasteiger partial charge in [0.15, 0.2) is 0 Å². The van der Waals surface area contributed by atoms with Crippen LogP contribution in [0.5, 0.6) is 0 Å². The average Bonchev–Trinajstić information content (AvgIpc) is 2.56. The Morgan fingerprint density at radius 2 is 2.07 bits per heavy atom. The Labute approximate surface area is 96.3 Å². The molecule has 0 aliphatic carbocycles. The second-order valence-corrected chi connectivity index (χ2v) is 3.85. The van der Waals surface area contributed by atoms with Gasteiger partial charge in [-0.3, -0.25) is 15.6 Å². The van der Waals surface area contributed by atoms with Crippen molar-refractivity contribution in [1.29, 1.82) is 0 Å². The van der Waals surface area contributed by atoms with E-state index in [1.54, 1.807) is 18.2 Å². The van der Waals surface area contributed by atoms with Gasteiger partial charge in [0.1, 0.15) is 5.84 Å². The zero-order chi connectivity index (χ0) is 10.8. The topological polar surface area (TPSA) is 53.5 Å². The predicted octanol–water partition coefficient (Wildman–Crippen LogP) is 2.05. The molecule has 1 aromatic carbocycles. The number of benzene rings is 1. The van der Waals surface area contributed by atoms with E-state index in [0.29, 0.717) is 21.6 Å². The highest BCUT2D eigenvalue weighted by Crippen LogP contribution is 2.28. The molecule has 1 aliphatic rings. The van der Waals surface area contributed by atoms with Gasteiger partial charge in [-0.2, -0.15) is 0 Å². The van der Waals surface area contributed by atoms with Gasteiger partial charge in [0, 0.05) is 5.02 Å². The molecule has 0 aromatic heterocycles. The van der Waals surface area contributed by atoms with E-state index in [4.69, 9.17) is 23.2 Å². The van der Waals surface area contributed by atoms with Crippen LogP contribution in [0.3, 0.4) is 0 Å². The van der Waals surface area contributed by atoms with Crippen LogP contribution in [0.2, 0.25) is 10.0 Å². The largest absolute Gasteiger partial charge is 0.285 e. The predicted molar refractivity (Wildman–Crippen MR) is 59.5 cm³/mol. The zero-order valence-corrected chi connectivity index (χ0v) is 9.06. The molecule has 0 atom stereocenters. The molecule has 0 unspecified atom stereocenters. The highest BCUT2D eigenvalue weighted by atomic mass is 35.5. The molecule has 0 spiro atoms. The van der Waals surface area contributed by atoms with Crippen LogP contribution in [-0.4, -0.2) is 11.7 Å². The molecule has 15 heavy (non-hydrogen) atoms. The van der Waals surface area contributed by atoms with Crippen molar-refractivity contribution >= 4 is 40.6 Å². The number of hydrazine groups is 1. The lowest BCUT2D eigenvalue weighted by Crippen LogP contribution is -2.28. The number of carbonyl (C=O) groups is 1. The molecular weight excluding hydrogens is 237 g/mol. The summed E-state index contributed by atoms with van der Waals surface area (Å²) < 4.78 is 0. The molecule has 1 aromatic rings. The number of aliphatic imine (C=N–C) groups is 1. The summed E-state index contributed by atoms with van der Waals surface area (Å²) in [6, 6.07) is 4.99. The van der Waals surface area contributed by atoms with Crippen LogP contribution in [-0.2, 0) is 4.79 Å². The lowest BCUT2D eigenvalue weighted by Gasteiger charge is -2.00. The van der Waals surface area contributed by atoms with Gasteiger partial charge in [-0.15, -0.1) is 0 Å². The monoisotopic (exact) mass is 243 g/mol. The van der Waals surface area contributed by atoms with Crippen molar-refractivity contribution < 1.29 is 4.79 Å². The Bertz CT molecular complexity index is 445. The summed E-state index contributed by atoms with van der Waals surface area (Å²) in [5.74, 6) is 0.433. The minimum atomic E-state index is -0.112. The van der Waals surface area contributed by atoms with Crippen LogP contribution in [0.4, 0.5) is 5.69 Å². The molecule has 0 radical (unpaired) electrons. The summed E-state index contributed by atoms with van der Waals surface area (Å²) in [5.41, 5.74) is 5.67. The molecule has 1 aliphatic heterocycles. The zero-order valence-electron chi connectivity index (χ0n) is 7.55. The van der Waals surface area contributed by atoms with Crippen molar-refractivity contribution in [2.75, 3.05) is 0 Å². The average molecular weight is 244 g/mol. The van der Waals surface area contributed by atoms with Gasteiger partial charge in [-0.05, 0) is 18.2 Å². The van der Waals surface area contributed by atoms with Crippen LogP contribution < -0.4 is 10.9 Å². The Hall–Kier alpha value is -1.26. The fourth-order valence-corrected chi connectivity index (χ4v) is 1.62. The minimum Gasteiger partial charge on any atom is -0.285 e. The summed E-state index contributed by atoms with van der Waals surface area (Å²) in [6.45, 7) is 0. The van der Waals surface area contributed by atoms with Crippen LogP contribution in [0.1, 0.15) is 6.42 Å². The van der Waals surface area contributed by atoms with Crippen LogP contribution in [0.15, 0.2) is 23.2 Å².